The Morgan fingerprint density at radius 1 is 1.13 bits per heavy atom. The van der Waals surface area contributed by atoms with E-state index in [1.54, 1.807) is 18.3 Å². The largest absolute Gasteiger partial charge is 0.493 e. The second-order valence-electron chi connectivity index (χ2n) is 7.35. The second-order valence-corrected chi connectivity index (χ2v) is 7.35. The molecule has 6 heteroatoms. The molecule has 0 spiro atoms. The number of benzene rings is 2. The monoisotopic (exact) mass is 406 g/mol. The molecule has 156 valence electrons. The van der Waals surface area contributed by atoms with Gasteiger partial charge in [-0.3, -0.25) is 4.79 Å². The number of nitrogens with one attached hydrogen (secondary N) is 1. The van der Waals surface area contributed by atoms with E-state index in [2.05, 4.69) is 12.2 Å². The van der Waals surface area contributed by atoms with Gasteiger partial charge in [-0.2, -0.15) is 0 Å². The highest BCUT2D eigenvalue weighted by molar-refractivity contribution is 6.01. The lowest BCUT2D eigenvalue weighted by molar-refractivity contribution is 0.0651. The number of fused-ring (bicyclic) bond motifs is 1. The average Bonchev–Trinajstić information content (AvgIpc) is 3.29. The van der Waals surface area contributed by atoms with Crippen LogP contribution in [0.2, 0.25) is 0 Å². The first kappa shape index (κ1) is 19.9. The molecule has 1 aromatic heterocycles. The summed E-state index contributed by atoms with van der Waals surface area (Å²) in [5.74, 6) is 2.00. The van der Waals surface area contributed by atoms with E-state index >= 15 is 0 Å². The summed E-state index contributed by atoms with van der Waals surface area (Å²) in [7, 11) is 1.62. The minimum absolute atomic E-state index is 0.0513. The summed E-state index contributed by atoms with van der Waals surface area (Å²) in [5.41, 5.74) is 2.35. The Morgan fingerprint density at radius 2 is 1.97 bits per heavy atom. The van der Waals surface area contributed by atoms with Gasteiger partial charge in [0.15, 0.2) is 11.5 Å². The summed E-state index contributed by atoms with van der Waals surface area (Å²) < 4.78 is 17.1. The van der Waals surface area contributed by atoms with Gasteiger partial charge in [0, 0.05) is 5.69 Å². The van der Waals surface area contributed by atoms with Crippen molar-refractivity contribution in [2.45, 2.75) is 39.1 Å². The summed E-state index contributed by atoms with van der Waals surface area (Å²) in [6, 6.07) is 17.0. The number of anilines is 1. The minimum atomic E-state index is -0.371. The molecule has 3 aromatic rings. The van der Waals surface area contributed by atoms with Crippen LogP contribution in [0.25, 0.3) is 0 Å². The zero-order valence-corrected chi connectivity index (χ0v) is 17.4. The van der Waals surface area contributed by atoms with Crippen LogP contribution < -0.4 is 14.8 Å². The molecule has 1 aliphatic heterocycles. The van der Waals surface area contributed by atoms with Crippen LogP contribution in [0.3, 0.4) is 0 Å². The summed E-state index contributed by atoms with van der Waals surface area (Å²) in [6.07, 6.45) is 2.23. The van der Waals surface area contributed by atoms with Crippen molar-refractivity contribution in [2.24, 2.45) is 0 Å². The van der Waals surface area contributed by atoms with E-state index < -0.39 is 0 Å². The smallest absolute Gasteiger partial charge is 0.258 e. The van der Waals surface area contributed by atoms with Gasteiger partial charge in [0.25, 0.3) is 5.91 Å². The number of para-hydroxylation sites is 1. The number of ether oxygens (including phenoxy) is 2. The van der Waals surface area contributed by atoms with Crippen LogP contribution in [0.15, 0.2) is 65.3 Å². The second kappa shape index (κ2) is 8.53. The lowest BCUT2D eigenvalue weighted by Gasteiger charge is -2.38. The van der Waals surface area contributed by atoms with Crippen LogP contribution in [0.1, 0.15) is 48.1 Å². The molecule has 2 atom stereocenters. The van der Waals surface area contributed by atoms with Gasteiger partial charge in [0.2, 0.25) is 0 Å². The van der Waals surface area contributed by atoms with Crippen LogP contribution in [0.5, 0.6) is 11.5 Å². The average molecular weight is 406 g/mol. The SMILES string of the molecule is CCC(C)Oc1ccc(C2Nc3ccccc3C(=O)N2Cc2ccco2)cc1OC. The highest BCUT2D eigenvalue weighted by Crippen LogP contribution is 2.38. The standard InChI is InChI=1S/C24H26N2O4/c1-4-16(2)30-21-12-11-17(14-22(21)28-3)23-25-20-10-6-5-9-19(20)24(27)26(23)15-18-8-7-13-29-18/h5-14,16,23,25H,4,15H2,1-3H3. The molecule has 0 aliphatic carbocycles. The van der Waals surface area contributed by atoms with Crippen molar-refractivity contribution in [3.63, 3.8) is 0 Å². The zero-order valence-electron chi connectivity index (χ0n) is 17.4. The van der Waals surface area contributed by atoms with Crippen molar-refractivity contribution in [1.29, 1.82) is 0 Å². The Hall–Kier alpha value is -3.41. The first-order valence-corrected chi connectivity index (χ1v) is 10.1. The van der Waals surface area contributed by atoms with E-state index in [0.717, 1.165) is 23.4 Å². The lowest BCUT2D eigenvalue weighted by Crippen LogP contribution is -2.42. The quantitative estimate of drug-likeness (QED) is 0.582. The van der Waals surface area contributed by atoms with Gasteiger partial charge >= 0.3 is 0 Å². The van der Waals surface area contributed by atoms with Crippen molar-refractivity contribution in [2.75, 3.05) is 12.4 Å². The first-order valence-electron chi connectivity index (χ1n) is 10.1. The molecule has 1 amide bonds. The maximum atomic E-state index is 13.3. The van der Waals surface area contributed by atoms with Gasteiger partial charge in [0.1, 0.15) is 11.9 Å². The Bertz CT molecular complexity index is 1020. The van der Waals surface area contributed by atoms with Gasteiger partial charge in [-0.1, -0.05) is 25.1 Å². The molecular weight excluding hydrogens is 380 g/mol. The molecule has 0 saturated heterocycles. The minimum Gasteiger partial charge on any atom is -0.493 e. The number of methoxy groups -OCH3 is 1. The summed E-state index contributed by atoms with van der Waals surface area (Å²) in [4.78, 5) is 15.1. The van der Waals surface area contributed by atoms with E-state index in [4.69, 9.17) is 13.9 Å². The first-order chi connectivity index (χ1) is 14.6. The molecule has 1 N–H and O–H groups in total. The topological polar surface area (TPSA) is 63.9 Å². The molecule has 1 aliphatic rings. The Labute approximate surface area is 176 Å². The maximum absolute atomic E-state index is 13.3. The number of hydrogen-bond acceptors (Lipinski definition) is 5. The fourth-order valence-corrected chi connectivity index (χ4v) is 3.54. The van der Waals surface area contributed by atoms with Gasteiger partial charge in [0.05, 0.1) is 31.6 Å². The van der Waals surface area contributed by atoms with Gasteiger partial charge in [-0.15, -0.1) is 0 Å². The molecule has 0 bridgehead atoms. The predicted molar refractivity (Wildman–Crippen MR) is 115 cm³/mol. The van der Waals surface area contributed by atoms with E-state index in [-0.39, 0.29) is 18.2 Å². The highest BCUT2D eigenvalue weighted by Gasteiger charge is 2.33. The van der Waals surface area contributed by atoms with E-state index in [0.29, 0.717) is 23.6 Å². The number of amides is 1. The number of furan rings is 1. The third-order valence-corrected chi connectivity index (χ3v) is 5.33. The molecule has 0 fully saturated rings. The summed E-state index contributed by atoms with van der Waals surface area (Å²) in [5, 5.41) is 3.50. The number of nitrogens with zero attached hydrogens (tertiary/aromatic N) is 1. The van der Waals surface area contributed by atoms with E-state index in [9.17, 15) is 4.79 Å². The fraction of sp³-hybridized carbons (Fsp3) is 0.292. The third-order valence-electron chi connectivity index (χ3n) is 5.33. The molecule has 0 saturated carbocycles. The molecular formula is C24H26N2O4. The highest BCUT2D eigenvalue weighted by atomic mass is 16.5. The van der Waals surface area contributed by atoms with Crippen molar-refractivity contribution >= 4 is 11.6 Å². The van der Waals surface area contributed by atoms with Crippen molar-refractivity contribution in [3.05, 3.63) is 77.7 Å². The van der Waals surface area contributed by atoms with Crippen molar-refractivity contribution < 1.29 is 18.7 Å². The molecule has 6 nitrogen and oxygen atoms in total. The van der Waals surface area contributed by atoms with Crippen LogP contribution in [0.4, 0.5) is 5.69 Å². The normalized spacial score (nSPS) is 16.6. The third kappa shape index (κ3) is 3.85. The number of rotatable bonds is 7. The van der Waals surface area contributed by atoms with Crippen LogP contribution >= 0.6 is 0 Å². The van der Waals surface area contributed by atoms with E-state index in [1.807, 2.05) is 61.5 Å². The Balaban J connectivity index is 1.72. The molecule has 2 aromatic carbocycles. The van der Waals surface area contributed by atoms with Gasteiger partial charge < -0.3 is 24.1 Å². The van der Waals surface area contributed by atoms with Crippen molar-refractivity contribution in [3.8, 4) is 11.5 Å². The zero-order chi connectivity index (χ0) is 21.1. The molecule has 0 radical (unpaired) electrons. The molecule has 2 heterocycles. The van der Waals surface area contributed by atoms with Crippen LogP contribution in [-0.2, 0) is 6.54 Å². The Kier molecular flexibility index (Phi) is 5.65. The maximum Gasteiger partial charge on any atom is 0.258 e. The molecule has 30 heavy (non-hydrogen) atoms. The van der Waals surface area contributed by atoms with Crippen LogP contribution in [0, 0.1) is 0 Å². The predicted octanol–water partition coefficient (Wildman–Crippen LogP) is 5.23. The fourth-order valence-electron chi connectivity index (χ4n) is 3.54. The van der Waals surface area contributed by atoms with Gasteiger partial charge in [-0.05, 0) is 55.3 Å². The molecule has 4 rings (SSSR count). The lowest BCUT2D eigenvalue weighted by atomic mass is 10.0. The number of hydrogen-bond donors (Lipinski definition) is 1. The summed E-state index contributed by atoms with van der Waals surface area (Å²) >= 11 is 0. The van der Waals surface area contributed by atoms with Gasteiger partial charge in [-0.25, -0.2) is 0 Å². The molecule has 2 unspecified atom stereocenters. The summed E-state index contributed by atoms with van der Waals surface area (Å²) in [6.45, 7) is 4.45. The Morgan fingerprint density at radius 3 is 2.70 bits per heavy atom. The van der Waals surface area contributed by atoms with E-state index in [1.165, 1.54) is 0 Å². The van der Waals surface area contributed by atoms with Crippen LogP contribution in [-0.4, -0.2) is 24.0 Å². The van der Waals surface area contributed by atoms with Crippen molar-refractivity contribution in [1.82, 2.24) is 4.90 Å². The number of carbonyl (C=O) groups is 1. The number of carbonyl (C=O) groups excluding carboxylic acids is 1.